The Hall–Kier alpha value is -5.18. The van der Waals surface area contributed by atoms with E-state index in [2.05, 4.69) is 31.9 Å². The number of imidazole rings is 1. The van der Waals surface area contributed by atoms with Gasteiger partial charge in [0.25, 0.3) is 5.91 Å². The minimum Gasteiger partial charge on any atom is -0.350 e. The first-order chi connectivity index (χ1) is 22.0. The van der Waals surface area contributed by atoms with E-state index in [9.17, 15) is 4.79 Å². The highest BCUT2D eigenvalue weighted by Gasteiger charge is 2.28. The Morgan fingerprint density at radius 1 is 0.933 bits per heavy atom. The van der Waals surface area contributed by atoms with E-state index in [1.807, 2.05) is 91.3 Å². The molecule has 0 aliphatic heterocycles. The number of rotatable bonds is 8. The smallest absolute Gasteiger partial charge is 0.273 e. The van der Waals surface area contributed by atoms with Crippen molar-refractivity contribution < 1.29 is 4.79 Å². The van der Waals surface area contributed by atoms with Gasteiger partial charge in [-0.15, -0.1) is 0 Å². The second-order valence-electron chi connectivity index (χ2n) is 10.7. The molecule has 0 aliphatic rings. The van der Waals surface area contributed by atoms with Crippen molar-refractivity contribution in [2.75, 3.05) is 5.32 Å². The summed E-state index contributed by atoms with van der Waals surface area (Å²) in [5.74, 6) is 0.231. The number of H-pyrrole nitrogens is 1. The van der Waals surface area contributed by atoms with Crippen molar-refractivity contribution in [3.05, 3.63) is 143 Å². The van der Waals surface area contributed by atoms with Gasteiger partial charge in [0.15, 0.2) is 0 Å². The summed E-state index contributed by atoms with van der Waals surface area (Å²) < 4.78 is 3.84. The zero-order chi connectivity index (χ0) is 30.9. The second-order valence-corrected chi connectivity index (χ2v) is 11.6. The van der Waals surface area contributed by atoms with Gasteiger partial charge in [-0.05, 0) is 48.4 Å². The second kappa shape index (κ2) is 12.1. The number of nitrogens with one attached hydrogen (secondary N) is 2. The number of fused-ring (bicyclic) bond motifs is 1. The number of benzene rings is 3. The van der Waals surface area contributed by atoms with Gasteiger partial charge in [0.1, 0.15) is 11.5 Å². The molecule has 1 atom stereocenters. The van der Waals surface area contributed by atoms with Gasteiger partial charge in [-0.25, -0.2) is 9.67 Å². The maximum atomic E-state index is 14.3. The number of pyridine rings is 1. The highest BCUT2D eigenvalue weighted by Crippen LogP contribution is 2.41. The van der Waals surface area contributed by atoms with Gasteiger partial charge in [0.2, 0.25) is 0 Å². The van der Waals surface area contributed by atoms with Gasteiger partial charge in [0, 0.05) is 50.5 Å². The summed E-state index contributed by atoms with van der Waals surface area (Å²) in [6.07, 6.45) is 6.99. The Balaban J connectivity index is 1.38. The molecule has 0 saturated carbocycles. The molecular weight excluding hydrogens is 605 g/mol. The molecule has 8 nitrogen and oxygen atoms in total. The van der Waals surface area contributed by atoms with E-state index in [0.29, 0.717) is 28.1 Å². The first kappa shape index (κ1) is 28.6. The normalized spacial score (nSPS) is 12.0. The Bertz CT molecular complexity index is 2120. The highest BCUT2D eigenvalue weighted by molar-refractivity contribution is 6.31. The van der Waals surface area contributed by atoms with E-state index in [-0.39, 0.29) is 11.9 Å². The lowest BCUT2D eigenvalue weighted by molar-refractivity contribution is 0.102. The van der Waals surface area contributed by atoms with Crippen molar-refractivity contribution in [2.45, 2.75) is 19.5 Å². The molecule has 0 saturated heterocycles. The molecule has 0 aliphatic carbocycles. The first-order valence-electron chi connectivity index (χ1n) is 14.4. The van der Waals surface area contributed by atoms with Crippen molar-refractivity contribution >= 4 is 45.8 Å². The molecule has 3 aromatic carbocycles. The zero-order valence-electron chi connectivity index (χ0n) is 24.2. The van der Waals surface area contributed by atoms with Crippen LogP contribution in [0.2, 0.25) is 10.0 Å². The van der Waals surface area contributed by atoms with Crippen LogP contribution in [0.5, 0.6) is 0 Å². The summed E-state index contributed by atoms with van der Waals surface area (Å²) in [5, 5.41) is 9.59. The average molecular weight is 633 g/mol. The molecule has 1 unspecified atom stereocenters. The van der Waals surface area contributed by atoms with Crippen LogP contribution in [0.1, 0.15) is 34.6 Å². The van der Waals surface area contributed by atoms with Crippen LogP contribution in [0.4, 0.5) is 5.82 Å². The molecule has 7 rings (SSSR count). The van der Waals surface area contributed by atoms with Gasteiger partial charge in [-0.2, -0.15) is 5.10 Å². The maximum Gasteiger partial charge on any atom is 0.273 e. The lowest BCUT2D eigenvalue weighted by Crippen LogP contribution is -2.18. The van der Waals surface area contributed by atoms with Gasteiger partial charge >= 0.3 is 0 Å². The minimum atomic E-state index is -0.323. The number of carbonyl (C=O) groups excluding carboxylic acids is 1. The van der Waals surface area contributed by atoms with Crippen LogP contribution < -0.4 is 5.32 Å². The zero-order valence-corrected chi connectivity index (χ0v) is 25.7. The number of hydrogen-bond acceptors (Lipinski definition) is 4. The SMILES string of the molecule is CC(c1ccc(Cl)cc1)n1cnc(-c2ccccc2)c1-c1c(C(=O)Nc2ccnn2Cc2cccnc2)[nH]c2cc(Cl)ccc12. The third-order valence-corrected chi connectivity index (χ3v) is 8.34. The largest absolute Gasteiger partial charge is 0.350 e. The van der Waals surface area contributed by atoms with E-state index in [0.717, 1.165) is 44.5 Å². The lowest BCUT2D eigenvalue weighted by atomic mass is 9.99. The fourth-order valence-electron chi connectivity index (χ4n) is 5.61. The molecule has 2 N–H and O–H groups in total. The number of anilines is 1. The van der Waals surface area contributed by atoms with Gasteiger partial charge in [-0.1, -0.05) is 77.8 Å². The van der Waals surface area contributed by atoms with Crippen molar-refractivity contribution in [2.24, 2.45) is 0 Å². The van der Waals surface area contributed by atoms with Crippen LogP contribution in [0, 0.1) is 0 Å². The third-order valence-electron chi connectivity index (χ3n) is 7.85. The summed E-state index contributed by atoms with van der Waals surface area (Å²) in [4.78, 5) is 26.7. The van der Waals surface area contributed by atoms with Crippen LogP contribution in [-0.2, 0) is 6.54 Å². The summed E-state index contributed by atoms with van der Waals surface area (Å²) in [6.45, 7) is 2.56. The fourth-order valence-corrected chi connectivity index (χ4v) is 5.90. The number of hydrogen-bond donors (Lipinski definition) is 2. The highest BCUT2D eigenvalue weighted by atomic mass is 35.5. The topological polar surface area (TPSA) is 93.4 Å². The van der Waals surface area contributed by atoms with Crippen molar-refractivity contribution in [3.8, 4) is 22.5 Å². The molecule has 1 amide bonds. The van der Waals surface area contributed by atoms with E-state index >= 15 is 0 Å². The summed E-state index contributed by atoms with van der Waals surface area (Å²) in [7, 11) is 0. The Morgan fingerprint density at radius 3 is 2.51 bits per heavy atom. The predicted octanol–water partition coefficient (Wildman–Crippen LogP) is 8.51. The lowest BCUT2D eigenvalue weighted by Gasteiger charge is -2.19. The monoisotopic (exact) mass is 631 g/mol. The summed E-state index contributed by atoms with van der Waals surface area (Å²) >= 11 is 12.7. The number of amides is 1. The molecule has 0 bridgehead atoms. The van der Waals surface area contributed by atoms with Gasteiger partial charge < -0.3 is 14.9 Å². The molecule has 45 heavy (non-hydrogen) atoms. The molecular formula is C35H27Cl2N7O. The molecule has 10 heteroatoms. The van der Waals surface area contributed by atoms with E-state index < -0.39 is 0 Å². The first-order valence-corrected chi connectivity index (χ1v) is 15.1. The van der Waals surface area contributed by atoms with Crippen LogP contribution in [0.15, 0.2) is 116 Å². The third kappa shape index (κ3) is 5.61. The van der Waals surface area contributed by atoms with Crippen LogP contribution in [0.3, 0.4) is 0 Å². The molecule has 4 heterocycles. The van der Waals surface area contributed by atoms with E-state index in [1.165, 1.54) is 0 Å². The number of aromatic amines is 1. The number of aromatic nitrogens is 6. The minimum absolute atomic E-state index is 0.128. The standard InChI is InChI=1S/C35H27Cl2N7O/c1-22(24-9-11-26(36)12-10-24)43-21-39-32(25-7-3-2-4-8-25)34(43)31-28-14-13-27(37)18-29(28)41-33(31)35(45)42-30-15-17-40-44(30)20-23-6-5-16-38-19-23/h2-19,21-22,41H,20H2,1H3,(H,42,45). The molecule has 0 fully saturated rings. The van der Waals surface area contributed by atoms with E-state index in [4.69, 9.17) is 28.2 Å². The maximum absolute atomic E-state index is 14.3. The van der Waals surface area contributed by atoms with Gasteiger partial charge in [-0.3, -0.25) is 9.78 Å². The van der Waals surface area contributed by atoms with Crippen LogP contribution in [-0.4, -0.2) is 35.2 Å². The number of halogens is 2. The molecule has 0 radical (unpaired) electrons. The fraction of sp³-hybridized carbons (Fsp3) is 0.0857. The molecule has 0 spiro atoms. The predicted molar refractivity (Wildman–Crippen MR) is 179 cm³/mol. The van der Waals surface area contributed by atoms with Crippen LogP contribution >= 0.6 is 23.2 Å². The summed E-state index contributed by atoms with van der Waals surface area (Å²) in [6, 6.07) is 28.8. The molecule has 7 aromatic rings. The Labute approximate surface area is 269 Å². The average Bonchev–Trinajstić information content (AvgIpc) is 3.78. The molecule has 222 valence electrons. The summed E-state index contributed by atoms with van der Waals surface area (Å²) in [5.41, 5.74) is 6.32. The van der Waals surface area contributed by atoms with Crippen LogP contribution in [0.25, 0.3) is 33.4 Å². The number of nitrogens with zero attached hydrogens (tertiary/aromatic N) is 5. The quantitative estimate of drug-likeness (QED) is 0.176. The van der Waals surface area contributed by atoms with Gasteiger partial charge in [0.05, 0.1) is 36.5 Å². The van der Waals surface area contributed by atoms with Crippen molar-refractivity contribution in [1.82, 2.24) is 29.3 Å². The Kier molecular flexibility index (Phi) is 7.67. The van der Waals surface area contributed by atoms with Crippen molar-refractivity contribution in [3.63, 3.8) is 0 Å². The molecule has 4 aromatic heterocycles. The number of carbonyl (C=O) groups is 1. The van der Waals surface area contributed by atoms with E-state index in [1.54, 1.807) is 29.3 Å². The van der Waals surface area contributed by atoms with Crippen molar-refractivity contribution in [1.29, 1.82) is 0 Å². The Morgan fingerprint density at radius 2 is 1.73 bits per heavy atom.